The first-order chi connectivity index (χ1) is 7.44. The van der Waals surface area contributed by atoms with E-state index >= 15 is 0 Å². The highest BCUT2D eigenvalue weighted by Crippen LogP contribution is 2.31. The van der Waals surface area contributed by atoms with Gasteiger partial charge in [-0.1, -0.05) is 23.5 Å². The van der Waals surface area contributed by atoms with Crippen LogP contribution in [0, 0.1) is 0 Å². The molecule has 0 aliphatic carbocycles. The first-order valence-electron chi connectivity index (χ1n) is 4.34. The Kier molecular flexibility index (Phi) is 5.33. The Morgan fingerprint density at radius 1 is 1.44 bits per heavy atom. The third kappa shape index (κ3) is 4.47. The average molecular weight is 291 g/mol. The van der Waals surface area contributed by atoms with E-state index in [2.05, 4.69) is 4.98 Å². The number of hydrogen-bond acceptors (Lipinski definition) is 3. The zero-order chi connectivity index (χ0) is 12.2. The molecule has 1 aromatic heterocycles. The molecule has 0 amide bonds. The number of alkyl halides is 4. The number of aromatic nitrogens is 2. The summed E-state index contributed by atoms with van der Waals surface area (Å²) < 4.78 is 37.3. The maximum absolute atomic E-state index is 11.8. The molecule has 0 aliphatic rings. The molecule has 1 rings (SSSR count). The Labute approximate surface area is 105 Å². The lowest BCUT2D eigenvalue weighted by molar-refractivity contribution is -0.0326. The SMILES string of the molecule is Cn1c(CCl)cnc1SCCSC(F)(F)F. The van der Waals surface area contributed by atoms with Crippen molar-refractivity contribution >= 4 is 35.1 Å². The van der Waals surface area contributed by atoms with Crippen LogP contribution in [0.15, 0.2) is 11.4 Å². The molecule has 0 spiro atoms. The lowest BCUT2D eigenvalue weighted by Crippen LogP contribution is -2.03. The monoisotopic (exact) mass is 290 g/mol. The van der Waals surface area contributed by atoms with Crippen molar-refractivity contribution in [2.24, 2.45) is 7.05 Å². The smallest absolute Gasteiger partial charge is 0.325 e. The minimum atomic E-state index is -4.15. The van der Waals surface area contributed by atoms with E-state index in [1.165, 1.54) is 11.8 Å². The van der Waals surface area contributed by atoms with Gasteiger partial charge >= 0.3 is 5.51 Å². The van der Waals surface area contributed by atoms with E-state index in [4.69, 9.17) is 11.6 Å². The van der Waals surface area contributed by atoms with Gasteiger partial charge in [0.15, 0.2) is 5.16 Å². The van der Waals surface area contributed by atoms with Gasteiger partial charge in [-0.25, -0.2) is 4.98 Å². The summed E-state index contributed by atoms with van der Waals surface area (Å²) in [6, 6.07) is 0. The second-order valence-electron chi connectivity index (χ2n) is 2.87. The highest BCUT2D eigenvalue weighted by molar-refractivity contribution is 8.03. The van der Waals surface area contributed by atoms with Crippen molar-refractivity contribution in [1.82, 2.24) is 9.55 Å². The molecule has 1 heterocycles. The van der Waals surface area contributed by atoms with Crippen molar-refractivity contribution in [3.05, 3.63) is 11.9 Å². The quantitative estimate of drug-likeness (QED) is 0.469. The summed E-state index contributed by atoms with van der Waals surface area (Å²) in [4.78, 5) is 4.07. The van der Waals surface area contributed by atoms with E-state index in [1.54, 1.807) is 17.8 Å². The molecule has 16 heavy (non-hydrogen) atoms. The second-order valence-corrected chi connectivity index (χ2v) is 5.36. The van der Waals surface area contributed by atoms with E-state index in [1.807, 2.05) is 0 Å². The summed E-state index contributed by atoms with van der Waals surface area (Å²) in [6.07, 6.45) is 1.63. The van der Waals surface area contributed by atoms with Crippen LogP contribution < -0.4 is 0 Å². The summed E-state index contributed by atoms with van der Waals surface area (Å²) in [5, 5.41) is 0.693. The molecule has 0 radical (unpaired) electrons. The van der Waals surface area contributed by atoms with Crippen molar-refractivity contribution in [2.75, 3.05) is 11.5 Å². The van der Waals surface area contributed by atoms with E-state index in [-0.39, 0.29) is 17.5 Å². The van der Waals surface area contributed by atoms with Gasteiger partial charge in [-0.3, -0.25) is 0 Å². The fraction of sp³-hybridized carbons (Fsp3) is 0.625. The molecule has 0 aliphatic heterocycles. The Bertz CT molecular complexity index is 341. The van der Waals surface area contributed by atoms with Gasteiger partial charge in [0.05, 0.1) is 17.8 Å². The van der Waals surface area contributed by atoms with Crippen LogP contribution in [-0.4, -0.2) is 26.6 Å². The van der Waals surface area contributed by atoms with Gasteiger partial charge in [-0.2, -0.15) is 13.2 Å². The zero-order valence-electron chi connectivity index (χ0n) is 8.42. The molecule has 92 valence electrons. The molecular weight excluding hydrogens is 281 g/mol. The van der Waals surface area contributed by atoms with Gasteiger partial charge in [0.25, 0.3) is 0 Å². The van der Waals surface area contributed by atoms with Gasteiger partial charge in [-0.05, 0) is 0 Å². The van der Waals surface area contributed by atoms with Crippen LogP contribution in [0.5, 0.6) is 0 Å². The molecule has 0 fully saturated rings. The van der Waals surface area contributed by atoms with Gasteiger partial charge in [0, 0.05) is 18.6 Å². The molecule has 0 aromatic carbocycles. The number of rotatable bonds is 5. The first kappa shape index (κ1) is 14.1. The Balaban J connectivity index is 2.35. The van der Waals surface area contributed by atoms with Gasteiger partial charge < -0.3 is 4.57 Å². The Morgan fingerprint density at radius 2 is 2.12 bits per heavy atom. The molecule has 8 heteroatoms. The number of imidazole rings is 1. The van der Waals surface area contributed by atoms with E-state index < -0.39 is 5.51 Å². The molecule has 0 N–H and O–H groups in total. The second kappa shape index (κ2) is 6.07. The first-order valence-corrected chi connectivity index (χ1v) is 6.84. The zero-order valence-corrected chi connectivity index (χ0v) is 10.8. The van der Waals surface area contributed by atoms with Crippen LogP contribution in [0.25, 0.3) is 0 Å². The minimum Gasteiger partial charge on any atom is -0.325 e. The van der Waals surface area contributed by atoms with Crippen molar-refractivity contribution < 1.29 is 13.2 Å². The predicted octanol–water partition coefficient (Wildman–Crippen LogP) is 3.50. The molecule has 0 unspecified atom stereocenters. The van der Waals surface area contributed by atoms with Crippen LogP contribution in [0.1, 0.15) is 5.69 Å². The third-order valence-electron chi connectivity index (χ3n) is 1.76. The molecular formula is C8H10ClF3N2S2. The van der Waals surface area contributed by atoms with Gasteiger partial charge in [-0.15, -0.1) is 11.6 Å². The van der Waals surface area contributed by atoms with Crippen molar-refractivity contribution in [3.8, 4) is 0 Å². The van der Waals surface area contributed by atoms with Crippen LogP contribution in [0.3, 0.4) is 0 Å². The third-order valence-corrected chi connectivity index (χ3v) is 4.07. The lowest BCUT2D eigenvalue weighted by atomic mass is 10.5. The summed E-state index contributed by atoms with van der Waals surface area (Å²) >= 11 is 6.93. The van der Waals surface area contributed by atoms with Crippen LogP contribution >= 0.6 is 35.1 Å². The highest BCUT2D eigenvalue weighted by atomic mass is 35.5. The van der Waals surface area contributed by atoms with Crippen LogP contribution in [-0.2, 0) is 12.9 Å². The molecule has 0 saturated heterocycles. The molecule has 1 aromatic rings. The van der Waals surface area contributed by atoms with Crippen LogP contribution in [0.2, 0.25) is 0 Å². The number of hydrogen-bond donors (Lipinski definition) is 0. The summed E-state index contributed by atoms with van der Waals surface area (Å²) in [5.41, 5.74) is -3.30. The summed E-state index contributed by atoms with van der Waals surface area (Å²) in [7, 11) is 1.80. The van der Waals surface area contributed by atoms with Crippen molar-refractivity contribution in [2.45, 2.75) is 16.5 Å². The highest BCUT2D eigenvalue weighted by Gasteiger charge is 2.27. The minimum absolute atomic E-state index is 0.0127. The Morgan fingerprint density at radius 3 is 2.62 bits per heavy atom. The maximum atomic E-state index is 11.8. The van der Waals surface area contributed by atoms with Gasteiger partial charge in [0.1, 0.15) is 0 Å². The maximum Gasteiger partial charge on any atom is 0.441 e. The largest absolute Gasteiger partial charge is 0.441 e. The normalized spacial score (nSPS) is 12.1. The van der Waals surface area contributed by atoms with E-state index in [0.29, 0.717) is 16.8 Å². The topological polar surface area (TPSA) is 17.8 Å². The predicted molar refractivity (Wildman–Crippen MR) is 62.0 cm³/mol. The van der Waals surface area contributed by atoms with E-state index in [9.17, 15) is 13.2 Å². The lowest BCUT2D eigenvalue weighted by Gasteiger charge is -2.05. The number of nitrogens with zero attached hydrogens (tertiary/aromatic N) is 2. The van der Waals surface area contributed by atoms with Crippen LogP contribution in [0.4, 0.5) is 13.2 Å². The van der Waals surface area contributed by atoms with Gasteiger partial charge in [0.2, 0.25) is 0 Å². The summed E-state index contributed by atoms with van der Waals surface area (Å²) in [6.45, 7) is 0. The number of halogens is 4. The molecule has 0 bridgehead atoms. The van der Waals surface area contributed by atoms with Crippen molar-refractivity contribution in [3.63, 3.8) is 0 Å². The van der Waals surface area contributed by atoms with Crippen molar-refractivity contribution in [1.29, 1.82) is 0 Å². The Hall–Kier alpha value is -0.0100. The molecule has 0 saturated carbocycles. The fourth-order valence-electron chi connectivity index (χ4n) is 0.974. The average Bonchev–Trinajstić information content (AvgIpc) is 2.53. The fourth-order valence-corrected chi connectivity index (χ4v) is 2.74. The number of thioether (sulfide) groups is 2. The molecule has 2 nitrogen and oxygen atoms in total. The standard InChI is InChI=1S/C8H10ClF3N2S2/c1-14-6(4-9)5-13-7(14)15-2-3-16-8(10,11)12/h5H,2-4H2,1H3. The summed E-state index contributed by atoms with van der Waals surface area (Å²) in [5.74, 6) is 0.745. The molecule has 0 atom stereocenters. The van der Waals surface area contributed by atoms with E-state index in [0.717, 1.165) is 5.69 Å².